The van der Waals surface area contributed by atoms with Crippen LogP contribution in [0.15, 0.2) is 23.4 Å². The molecule has 1 aromatic rings. The largest absolute Gasteiger partial charge is 0.411 e. The van der Waals surface area contributed by atoms with E-state index in [2.05, 4.69) is 5.16 Å². The Hall–Kier alpha value is -0.440. The maximum absolute atomic E-state index is 8.53. The molecule has 76 valence electrons. The van der Waals surface area contributed by atoms with Crippen molar-refractivity contribution in [1.29, 1.82) is 0 Å². The van der Waals surface area contributed by atoms with Gasteiger partial charge in [-0.05, 0) is 24.6 Å². The van der Waals surface area contributed by atoms with Crippen molar-refractivity contribution < 1.29 is 5.21 Å². The predicted octanol–water partition coefficient (Wildman–Crippen LogP) is 4.12. The maximum Gasteiger partial charge on any atom is 0.0998 e. The van der Waals surface area contributed by atoms with Crippen LogP contribution in [0.3, 0.4) is 0 Å². The minimum Gasteiger partial charge on any atom is -0.411 e. The van der Waals surface area contributed by atoms with Gasteiger partial charge in [-0.2, -0.15) is 0 Å². The molecule has 0 aliphatic rings. The van der Waals surface area contributed by atoms with Gasteiger partial charge in [0.25, 0.3) is 0 Å². The SMILES string of the molecule is CC(=NO)C(Cl)c1ccc(Cl)c(Cl)c1. The molecule has 0 spiro atoms. The van der Waals surface area contributed by atoms with Crippen LogP contribution in [0.5, 0.6) is 0 Å². The zero-order valence-electron chi connectivity index (χ0n) is 7.34. The van der Waals surface area contributed by atoms with E-state index in [4.69, 9.17) is 40.0 Å². The summed E-state index contributed by atoms with van der Waals surface area (Å²) in [5, 5.41) is 12.0. The van der Waals surface area contributed by atoms with Crippen molar-refractivity contribution in [3.63, 3.8) is 0 Å². The number of rotatable bonds is 2. The summed E-state index contributed by atoms with van der Waals surface area (Å²) in [5.41, 5.74) is 1.15. The Balaban J connectivity index is 3.03. The van der Waals surface area contributed by atoms with Crippen molar-refractivity contribution in [3.05, 3.63) is 33.8 Å². The van der Waals surface area contributed by atoms with Crippen LogP contribution in [-0.2, 0) is 0 Å². The summed E-state index contributed by atoms with van der Waals surface area (Å²) in [7, 11) is 0. The van der Waals surface area contributed by atoms with Gasteiger partial charge in [0, 0.05) is 0 Å². The van der Waals surface area contributed by atoms with Crippen molar-refractivity contribution in [1.82, 2.24) is 0 Å². The lowest BCUT2D eigenvalue weighted by atomic mass is 10.1. The summed E-state index contributed by atoms with van der Waals surface area (Å²) in [6.45, 7) is 1.63. The third kappa shape index (κ3) is 2.53. The third-order valence-electron chi connectivity index (χ3n) is 1.76. The van der Waals surface area contributed by atoms with Gasteiger partial charge in [0.05, 0.1) is 21.1 Å². The summed E-state index contributed by atoms with van der Waals surface area (Å²) in [6.07, 6.45) is 0. The molecule has 1 aromatic carbocycles. The molecule has 1 N–H and O–H groups in total. The molecule has 0 radical (unpaired) electrons. The van der Waals surface area contributed by atoms with E-state index in [-0.39, 0.29) is 0 Å². The van der Waals surface area contributed by atoms with Gasteiger partial charge in [-0.1, -0.05) is 34.4 Å². The zero-order valence-corrected chi connectivity index (χ0v) is 9.61. The number of hydrogen-bond acceptors (Lipinski definition) is 2. The second-order valence-electron chi connectivity index (χ2n) is 2.78. The molecule has 2 nitrogen and oxygen atoms in total. The van der Waals surface area contributed by atoms with Crippen LogP contribution in [0.1, 0.15) is 17.9 Å². The lowest BCUT2D eigenvalue weighted by molar-refractivity contribution is 0.317. The molecule has 0 heterocycles. The summed E-state index contributed by atoms with van der Waals surface area (Å²) in [4.78, 5) is 0. The molecule has 1 unspecified atom stereocenters. The summed E-state index contributed by atoms with van der Waals surface area (Å²) in [5.74, 6) is 0. The van der Waals surface area contributed by atoms with Gasteiger partial charge in [0.15, 0.2) is 0 Å². The van der Waals surface area contributed by atoms with Gasteiger partial charge in [-0.25, -0.2) is 0 Å². The number of halogens is 3. The summed E-state index contributed by atoms with van der Waals surface area (Å²) < 4.78 is 0. The number of oxime groups is 1. The topological polar surface area (TPSA) is 32.6 Å². The van der Waals surface area contributed by atoms with Gasteiger partial charge >= 0.3 is 0 Å². The molecule has 1 atom stereocenters. The second kappa shape index (κ2) is 4.87. The van der Waals surface area contributed by atoms with Crippen LogP contribution in [0.25, 0.3) is 0 Å². The fourth-order valence-corrected chi connectivity index (χ4v) is 1.45. The molecule has 0 amide bonds. The highest BCUT2D eigenvalue weighted by atomic mass is 35.5. The minimum atomic E-state index is -0.491. The molecule has 0 aliphatic carbocycles. The first-order valence-corrected chi connectivity index (χ1v) is 5.03. The van der Waals surface area contributed by atoms with E-state index in [1.54, 1.807) is 25.1 Å². The molecule has 0 saturated carbocycles. The van der Waals surface area contributed by atoms with Crippen LogP contribution in [0.4, 0.5) is 0 Å². The van der Waals surface area contributed by atoms with E-state index < -0.39 is 5.38 Å². The van der Waals surface area contributed by atoms with Crippen LogP contribution in [0, 0.1) is 0 Å². The molecule has 0 saturated heterocycles. The quantitative estimate of drug-likeness (QED) is 0.365. The Kier molecular flexibility index (Phi) is 4.05. The lowest BCUT2D eigenvalue weighted by Gasteiger charge is -2.08. The highest BCUT2D eigenvalue weighted by Gasteiger charge is 2.13. The number of benzene rings is 1. The first-order chi connectivity index (χ1) is 6.56. The van der Waals surface area contributed by atoms with Crippen LogP contribution >= 0.6 is 34.8 Å². The van der Waals surface area contributed by atoms with Crippen molar-refractivity contribution >= 4 is 40.5 Å². The normalized spacial score (nSPS) is 14.1. The predicted molar refractivity (Wildman–Crippen MR) is 60.0 cm³/mol. The standard InChI is InChI=1S/C9H8Cl3NO/c1-5(13-14)9(12)6-2-3-7(10)8(11)4-6/h2-4,9,14H,1H3. The molecule has 0 bridgehead atoms. The van der Waals surface area contributed by atoms with E-state index in [1.807, 2.05) is 0 Å². The second-order valence-corrected chi connectivity index (χ2v) is 4.03. The number of nitrogens with zero attached hydrogens (tertiary/aromatic N) is 1. The Morgan fingerprint density at radius 1 is 1.36 bits per heavy atom. The maximum atomic E-state index is 8.53. The fraction of sp³-hybridized carbons (Fsp3) is 0.222. The first-order valence-electron chi connectivity index (χ1n) is 3.84. The molecule has 5 heteroatoms. The summed E-state index contributed by atoms with van der Waals surface area (Å²) in [6, 6.07) is 5.04. The Morgan fingerprint density at radius 3 is 2.50 bits per heavy atom. The molecule has 0 fully saturated rings. The van der Waals surface area contributed by atoms with Crippen LogP contribution in [0.2, 0.25) is 10.0 Å². The van der Waals surface area contributed by atoms with Crippen LogP contribution < -0.4 is 0 Å². The van der Waals surface area contributed by atoms with Crippen molar-refractivity contribution in [3.8, 4) is 0 Å². The van der Waals surface area contributed by atoms with Gasteiger partial charge in [-0.15, -0.1) is 11.6 Å². The summed E-state index contributed by atoms with van der Waals surface area (Å²) >= 11 is 17.5. The molecule has 0 aliphatic heterocycles. The van der Waals surface area contributed by atoms with E-state index in [1.165, 1.54) is 0 Å². The number of hydrogen-bond donors (Lipinski definition) is 1. The average Bonchev–Trinajstić information content (AvgIpc) is 2.20. The van der Waals surface area contributed by atoms with Gasteiger partial charge in [0.2, 0.25) is 0 Å². The van der Waals surface area contributed by atoms with Crippen molar-refractivity contribution in [2.45, 2.75) is 12.3 Å². The Labute approximate surface area is 97.1 Å². The fourth-order valence-electron chi connectivity index (χ4n) is 0.962. The Morgan fingerprint density at radius 2 is 2.00 bits per heavy atom. The zero-order chi connectivity index (χ0) is 10.7. The van der Waals surface area contributed by atoms with E-state index in [0.29, 0.717) is 15.8 Å². The van der Waals surface area contributed by atoms with E-state index in [0.717, 1.165) is 5.56 Å². The Bertz CT molecular complexity index is 365. The van der Waals surface area contributed by atoms with Gasteiger partial charge in [0.1, 0.15) is 0 Å². The van der Waals surface area contributed by atoms with Gasteiger partial charge in [-0.3, -0.25) is 0 Å². The van der Waals surface area contributed by atoms with E-state index in [9.17, 15) is 0 Å². The molecule has 1 rings (SSSR count). The minimum absolute atomic E-state index is 0.407. The molecule has 14 heavy (non-hydrogen) atoms. The van der Waals surface area contributed by atoms with Gasteiger partial charge < -0.3 is 5.21 Å². The monoisotopic (exact) mass is 251 g/mol. The van der Waals surface area contributed by atoms with Crippen molar-refractivity contribution in [2.24, 2.45) is 5.16 Å². The smallest absolute Gasteiger partial charge is 0.0998 e. The highest BCUT2D eigenvalue weighted by molar-refractivity contribution is 6.42. The molecular weight excluding hydrogens is 244 g/mol. The van der Waals surface area contributed by atoms with E-state index >= 15 is 0 Å². The highest BCUT2D eigenvalue weighted by Crippen LogP contribution is 2.29. The third-order valence-corrected chi connectivity index (χ3v) is 3.07. The van der Waals surface area contributed by atoms with Crippen LogP contribution in [-0.4, -0.2) is 10.9 Å². The number of alkyl halides is 1. The van der Waals surface area contributed by atoms with Crippen molar-refractivity contribution in [2.75, 3.05) is 0 Å². The molecule has 0 aromatic heterocycles. The lowest BCUT2D eigenvalue weighted by Crippen LogP contribution is -2.02. The molecular formula is C9H8Cl3NO. The average molecular weight is 253 g/mol. The first kappa shape index (κ1) is 11.6.